The molecule has 2 aromatic heterocycles. The molecule has 2 nitrogen and oxygen atoms in total. The number of hydrogen-bond donors (Lipinski definition) is 1. The molecule has 0 unspecified atom stereocenters. The Hall–Kier alpha value is -0.850. The Kier molecular flexibility index (Phi) is 5.42. The molecule has 0 saturated carbocycles. The average molecular weight is 303 g/mol. The van der Waals surface area contributed by atoms with E-state index in [1.807, 2.05) is 6.07 Å². The van der Waals surface area contributed by atoms with Crippen molar-refractivity contribution in [3.63, 3.8) is 0 Å². The smallest absolute Gasteiger partial charge is 0.284 e. The molecule has 0 aliphatic rings. The number of nitrogens with one attached hydrogen (secondary N) is 1. The predicted octanol–water partition coefficient (Wildman–Crippen LogP) is 4.40. The van der Waals surface area contributed by atoms with Crippen LogP contribution in [0.3, 0.4) is 0 Å². The lowest BCUT2D eigenvalue weighted by Crippen LogP contribution is -2.10. The van der Waals surface area contributed by atoms with Gasteiger partial charge >= 0.3 is 0 Å². The summed E-state index contributed by atoms with van der Waals surface area (Å²) < 4.78 is 29.5. The molecule has 0 aromatic carbocycles. The van der Waals surface area contributed by atoms with Crippen molar-refractivity contribution in [3.05, 3.63) is 45.5 Å². The van der Waals surface area contributed by atoms with Crippen molar-refractivity contribution in [2.24, 2.45) is 0 Å². The van der Waals surface area contributed by atoms with Crippen molar-refractivity contribution in [3.8, 4) is 0 Å². The zero-order valence-corrected chi connectivity index (χ0v) is 12.1. The van der Waals surface area contributed by atoms with Gasteiger partial charge in [0, 0.05) is 16.3 Å². The lowest BCUT2D eigenvalue weighted by atomic mass is 10.4. The van der Waals surface area contributed by atoms with E-state index in [0.717, 1.165) is 12.3 Å². The van der Waals surface area contributed by atoms with Crippen molar-refractivity contribution in [2.75, 3.05) is 0 Å². The van der Waals surface area contributed by atoms with Crippen LogP contribution in [0, 0.1) is 6.92 Å². The van der Waals surface area contributed by atoms with E-state index >= 15 is 0 Å². The number of rotatable bonds is 7. The third-order valence-electron chi connectivity index (χ3n) is 2.46. The molecule has 104 valence electrons. The molecule has 0 aliphatic carbocycles. The SMILES string of the molecule is Cc1ccc(CNCc2ccc(CSC(F)F)o2)s1. The van der Waals surface area contributed by atoms with Crippen LogP contribution in [0.5, 0.6) is 0 Å². The fourth-order valence-electron chi connectivity index (χ4n) is 1.63. The number of thiophene rings is 1. The van der Waals surface area contributed by atoms with Crippen molar-refractivity contribution >= 4 is 23.1 Å². The first kappa shape index (κ1) is 14.6. The molecule has 0 radical (unpaired) electrons. The second kappa shape index (κ2) is 7.07. The largest absolute Gasteiger partial charge is 0.464 e. The summed E-state index contributed by atoms with van der Waals surface area (Å²) in [5.41, 5.74) is 0. The summed E-state index contributed by atoms with van der Waals surface area (Å²) in [6.45, 7) is 3.48. The molecule has 0 atom stereocenters. The van der Waals surface area contributed by atoms with E-state index in [2.05, 4.69) is 24.4 Å². The maximum Gasteiger partial charge on any atom is 0.284 e. The lowest BCUT2D eigenvalue weighted by Gasteiger charge is -2.00. The molecule has 2 aromatic rings. The van der Waals surface area contributed by atoms with Gasteiger partial charge in [-0.2, -0.15) is 8.78 Å². The maximum absolute atomic E-state index is 12.0. The van der Waals surface area contributed by atoms with E-state index < -0.39 is 5.76 Å². The van der Waals surface area contributed by atoms with Crippen molar-refractivity contribution in [2.45, 2.75) is 31.5 Å². The highest BCUT2D eigenvalue weighted by molar-refractivity contribution is 7.98. The highest BCUT2D eigenvalue weighted by atomic mass is 32.2. The van der Waals surface area contributed by atoms with Gasteiger partial charge in [-0.3, -0.25) is 0 Å². The highest BCUT2D eigenvalue weighted by Crippen LogP contribution is 2.21. The second-order valence-electron chi connectivity index (χ2n) is 4.06. The zero-order valence-electron chi connectivity index (χ0n) is 10.5. The fourth-order valence-corrected chi connectivity index (χ4v) is 2.93. The zero-order chi connectivity index (χ0) is 13.7. The summed E-state index contributed by atoms with van der Waals surface area (Å²) in [5.74, 6) is -0.775. The average Bonchev–Trinajstić information content (AvgIpc) is 2.96. The number of alkyl halides is 2. The highest BCUT2D eigenvalue weighted by Gasteiger charge is 2.07. The van der Waals surface area contributed by atoms with Gasteiger partial charge in [0.15, 0.2) is 0 Å². The van der Waals surface area contributed by atoms with E-state index in [0.29, 0.717) is 24.1 Å². The summed E-state index contributed by atoms with van der Waals surface area (Å²) >= 11 is 2.33. The molecule has 2 rings (SSSR count). The van der Waals surface area contributed by atoms with Crippen LogP contribution in [0.2, 0.25) is 0 Å². The molecule has 6 heteroatoms. The van der Waals surface area contributed by atoms with Gasteiger partial charge in [-0.1, -0.05) is 11.8 Å². The quantitative estimate of drug-likeness (QED) is 0.821. The molecule has 0 amide bonds. The van der Waals surface area contributed by atoms with Crippen LogP contribution in [0.1, 0.15) is 21.3 Å². The van der Waals surface area contributed by atoms with Gasteiger partial charge in [0.05, 0.1) is 12.3 Å². The molecular formula is C13H15F2NOS2. The minimum absolute atomic E-state index is 0.210. The topological polar surface area (TPSA) is 25.2 Å². The number of furan rings is 1. The van der Waals surface area contributed by atoms with Crippen molar-refractivity contribution in [1.82, 2.24) is 5.32 Å². The summed E-state index contributed by atoms with van der Waals surface area (Å²) in [6.07, 6.45) is 0. The maximum atomic E-state index is 12.0. The van der Waals surface area contributed by atoms with E-state index in [9.17, 15) is 8.78 Å². The third kappa shape index (κ3) is 4.97. The normalized spacial score (nSPS) is 11.4. The van der Waals surface area contributed by atoms with Gasteiger partial charge in [0.25, 0.3) is 5.76 Å². The van der Waals surface area contributed by atoms with Crippen LogP contribution in [-0.2, 0) is 18.8 Å². The lowest BCUT2D eigenvalue weighted by molar-refractivity contribution is 0.251. The number of hydrogen-bond acceptors (Lipinski definition) is 4. The first-order valence-corrected chi connectivity index (χ1v) is 7.73. The predicted molar refractivity (Wildman–Crippen MR) is 75.6 cm³/mol. The molecule has 0 aliphatic heterocycles. The molecular weight excluding hydrogens is 288 g/mol. The van der Waals surface area contributed by atoms with Crippen molar-refractivity contribution in [1.29, 1.82) is 0 Å². The molecule has 0 saturated heterocycles. The Balaban J connectivity index is 1.74. The molecule has 1 N–H and O–H groups in total. The summed E-state index contributed by atoms with van der Waals surface area (Å²) in [7, 11) is 0. The van der Waals surface area contributed by atoms with Crippen LogP contribution in [0.15, 0.2) is 28.7 Å². The number of halogens is 2. The molecule has 0 fully saturated rings. The first-order chi connectivity index (χ1) is 9.13. The standard InChI is InChI=1S/C13H15F2NOS2/c1-9-2-5-12(19-9)7-16-6-10-3-4-11(17-10)8-18-13(14)15/h2-5,13,16H,6-8H2,1H3. The Morgan fingerprint density at radius 1 is 1.21 bits per heavy atom. The number of thioether (sulfide) groups is 1. The first-order valence-electron chi connectivity index (χ1n) is 5.87. The van der Waals surface area contributed by atoms with Gasteiger partial charge in [-0.25, -0.2) is 0 Å². The van der Waals surface area contributed by atoms with E-state index in [1.54, 1.807) is 17.4 Å². The van der Waals surface area contributed by atoms with Crippen molar-refractivity contribution < 1.29 is 13.2 Å². The second-order valence-corrected chi connectivity index (χ2v) is 6.41. The van der Waals surface area contributed by atoms with Gasteiger partial charge < -0.3 is 9.73 Å². The van der Waals surface area contributed by atoms with E-state index in [1.165, 1.54) is 9.75 Å². The monoisotopic (exact) mass is 303 g/mol. The van der Waals surface area contributed by atoms with Crippen LogP contribution >= 0.6 is 23.1 Å². The molecule has 0 spiro atoms. The van der Waals surface area contributed by atoms with E-state index in [-0.39, 0.29) is 5.75 Å². The van der Waals surface area contributed by atoms with Gasteiger partial charge in [0.2, 0.25) is 0 Å². The molecule has 19 heavy (non-hydrogen) atoms. The third-order valence-corrected chi connectivity index (χ3v) is 4.17. The summed E-state index contributed by atoms with van der Waals surface area (Å²) in [5, 5.41) is 3.27. The Bertz CT molecular complexity index is 510. The van der Waals surface area contributed by atoms with Gasteiger partial charge in [-0.05, 0) is 31.2 Å². The number of aryl methyl sites for hydroxylation is 1. The van der Waals surface area contributed by atoms with Crippen LogP contribution < -0.4 is 5.32 Å². The molecule has 0 bridgehead atoms. The Morgan fingerprint density at radius 2 is 2.00 bits per heavy atom. The summed E-state index contributed by atoms with van der Waals surface area (Å²) in [6, 6.07) is 7.77. The minimum atomic E-state index is -2.35. The van der Waals surface area contributed by atoms with Crippen LogP contribution in [0.4, 0.5) is 8.78 Å². The van der Waals surface area contributed by atoms with Gasteiger partial charge in [-0.15, -0.1) is 11.3 Å². The Labute approximate surface area is 119 Å². The molecule has 2 heterocycles. The summed E-state index contributed by atoms with van der Waals surface area (Å²) in [4.78, 5) is 2.57. The van der Waals surface area contributed by atoms with Crippen LogP contribution in [-0.4, -0.2) is 5.76 Å². The fraction of sp³-hybridized carbons (Fsp3) is 0.385. The Morgan fingerprint density at radius 3 is 2.68 bits per heavy atom. The van der Waals surface area contributed by atoms with E-state index in [4.69, 9.17) is 4.42 Å². The van der Waals surface area contributed by atoms with Crippen LogP contribution in [0.25, 0.3) is 0 Å². The minimum Gasteiger partial charge on any atom is -0.464 e. The van der Waals surface area contributed by atoms with Gasteiger partial charge in [0.1, 0.15) is 11.5 Å².